The van der Waals surface area contributed by atoms with Gasteiger partial charge >= 0.3 is 5.97 Å². The van der Waals surface area contributed by atoms with Crippen molar-refractivity contribution in [2.24, 2.45) is 29.4 Å². The standard InChI is InChI=1S/C56H98N10O22/c1-21(2)35(49(78)60-27(11)53(82)83)63-51(80)37(23(5)6)64-50(79)36(22(3)4)62-46(75)26(10)58-45(74)25(9)59-47(76)31-17-30(88-56(14,15)16)18-66(31)52(81)38(24(7)8)65-48(77)34(57)28(12)84-54-39(61-29(13)69)44(41(71)33(20-68)85-54)87-55-43(73)42(72)40(70)32(19-67)86-55/h21-28,30-44,54-55,67-68,70-73H,17-20,57H2,1-16H3,(H,58,74)(H,59,76)(H,60,78)(H,61,69)(H,62,75)(H,63,80)(H,64,79)(H,65,77)(H,82,83)/t25?,26-,27-,28?,30?,31-,32?,33?,34-,35?,36?,37-,38?,39?,40-,41-,42?,43-,44+,54-,55-/m0/s1. The predicted octanol–water partition coefficient (Wildman–Crippen LogP) is -5.57. The summed E-state index contributed by atoms with van der Waals surface area (Å²) in [6, 6.07) is -13.3. The third-order valence-corrected chi connectivity index (χ3v) is 15.1. The van der Waals surface area contributed by atoms with Gasteiger partial charge in [-0.3, -0.25) is 47.9 Å². The summed E-state index contributed by atoms with van der Waals surface area (Å²) in [5.74, 6) is -10.6. The molecule has 0 aromatic heterocycles. The number of aliphatic hydroxyl groups excluding tert-OH is 6. The molecular formula is C56H98N10O22. The topological polar surface area (TPSA) is 484 Å². The lowest BCUT2D eigenvalue weighted by molar-refractivity contribution is -0.347. The third kappa shape index (κ3) is 20.9. The van der Waals surface area contributed by atoms with Crippen LogP contribution in [0.15, 0.2) is 0 Å². The molecule has 3 aliphatic heterocycles. The highest BCUT2D eigenvalue weighted by molar-refractivity contribution is 5.98. The Bertz CT molecular complexity index is 2410. The molecule has 3 aliphatic rings. The van der Waals surface area contributed by atoms with Gasteiger partial charge in [0.1, 0.15) is 103 Å². The first kappa shape index (κ1) is 76.5. The summed E-state index contributed by atoms with van der Waals surface area (Å²) < 4.78 is 29.4. The van der Waals surface area contributed by atoms with Gasteiger partial charge in [-0.15, -0.1) is 0 Å². The largest absolute Gasteiger partial charge is 0.480 e. The molecule has 88 heavy (non-hydrogen) atoms. The van der Waals surface area contributed by atoms with Crippen LogP contribution in [0.3, 0.4) is 0 Å². The second kappa shape index (κ2) is 33.3. The second-order valence-electron chi connectivity index (χ2n) is 25.2. The number of carboxylic acids is 1. The zero-order valence-electron chi connectivity index (χ0n) is 53.0. The molecular weight excluding hydrogens is 1160 g/mol. The number of ether oxygens (including phenoxy) is 5. The fraction of sp³-hybridized carbons (Fsp3) is 0.821. The first-order valence-electron chi connectivity index (χ1n) is 29.6. The molecule has 0 aromatic carbocycles. The number of hydrogen-bond donors (Lipinski definition) is 16. The molecule has 0 aromatic rings. The Morgan fingerprint density at radius 3 is 1.47 bits per heavy atom. The van der Waals surface area contributed by atoms with Crippen LogP contribution in [-0.4, -0.2) is 253 Å². The lowest BCUT2D eigenvalue weighted by atomic mass is 9.95. The number of aliphatic hydroxyl groups is 6. The van der Waals surface area contributed by atoms with E-state index in [1.54, 1.807) is 76.2 Å². The third-order valence-electron chi connectivity index (χ3n) is 15.1. The van der Waals surface area contributed by atoms with Crippen molar-refractivity contribution in [2.75, 3.05) is 19.8 Å². The first-order chi connectivity index (χ1) is 40.7. The molecule has 0 saturated carbocycles. The lowest BCUT2D eigenvalue weighted by Gasteiger charge is -2.48. The minimum atomic E-state index is -1.94. The van der Waals surface area contributed by atoms with Crippen LogP contribution in [0.2, 0.25) is 0 Å². The van der Waals surface area contributed by atoms with Crippen molar-refractivity contribution < 1.29 is 107 Å². The summed E-state index contributed by atoms with van der Waals surface area (Å²) in [7, 11) is 0. The molecule has 3 heterocycles. The average Bonchev–Trinajstić information content (AvgIpc) is 1.73. The highest BCUT2D eigenvalue weighted by Crippen LogP contribution is 2.31. The van der Waals surface area contributed by atoms with E-state index in [1.165, 1.54) is 32.6 Å². The van der Waals surface area contributed by atoms with Crippen molar-refractivity contribution in [3.8, 4) is 0 Å². The van der Waals surface area contributed by atoms with Gasteiger partial charge in [0.15, 0.2) is 12.6 Å². The van der Waals surface area contributed by atoms with E-state index in [2.05, 4.69) is 42.5 Å². The number of carbonyl (C=O) groups excluding carboxylic acids is 9. The molecule has 3 fully saturated rings. The number of hydrogen-bond acceptors (Lipinski definition) is 22. The quantitative estimate of drug-likeness (QED) is 0.0332. The number of nitrogens with zero attached hydrogens (tertiary/aromatic N) is 1. The van der Waals surface area contributed by atoms with Crippen molar-refractivity contribution in [1.29, 1.82) is 0 Å². The van der Waals surface area contributed by atoms with E-state index in [-0.39, 0.29) is 13.0 Å². The van der Waals surface area contributed by atoms with Crippen molar-refractivity contribution in [3.63, 3.8) is 0 Å². The van der Waals surface area contributed by atoms with E-state index in [4.69, 9.17) is 29.4 Å². The van der Waals surface area contributed by atoms with Crippen molar-refractivity contribution in [3.05, 3.63) is 0 Å². The smallest absolute Gasteiger partial charge is 0.325 e. The molecule has 17 N–H and O–H groups in total. The van der Waals surface area contributed by atoms with E-state index >= 15 is 0 Å². The number of nitrogens with two attached hydrogens (primary N) is 1. The zero-order valence-corrected chi connectivity index (χ0v) is 53.0. The molecule has 0 bridgehead atoms. The van der Waals surface area contributed by atoms with E-state index < -0.39 is 230 Å². The summed E-state index contributed by atoms with van der Waals surface area (Å²) in [5.41, 5.74) is 5.70. The summed E-state index contributed by atoms with van der Waals surface area (Å²) in [6.07, 6.45) is -17.6. The summed E-state index contributed by atoms with van der Waals surface area (Å²) in [5, 5.41) is 92.3. The monoisotopic (exact) mass is 1260 g/mol. The van der Waals surface area contributed by atoms with Crippen LogP contribution in [0, 0.1) is 23.7 Å². The van der Waals surface area contributed by atoms with Crippen LogP contribution in [0.25, 0.3) is 0 Å². The lowest BCUT2D eigenvalue weighted by Crippen LogP contribution is -2.68. The highest BCUT2D eigenvalue weighted by Gasteiger charge is 2.53. The minimum Gasteiger partial charge on any atom is -0.480 e. The number of carboxylic acid groups (broad SMARTS) is 1. The maximum Gasteiger partial charge on any atom is 0.325 e. The van der Waals surface area contributed by atoms with E-state index in [9.17, 15) is 83.7 Å². The molecule has 3 rings (SSSR count). The molecule has 3 saturated heterocycles. The Morgan fingerprint density at radius 1 is 0.568 bits per heavy atom. The number of amides is 9. The average molecular weight is 1260 g/mol. The Kier molecular flexibility index (Phi) is 29.0. The zero-order chi connectivity index (χ0) is 67.3. The second-order valence-corrected chi connectivity index (χ2v) is 25.2. The molecule has 0 radical (unpaired) electrons. The summed E-state index contributed by atoms with van der Waals surface area (Å²) in [4.78, 5) is 136. The molecule has 0 aliphatic carbocycles. The van der Waals surface area contributed by atoms with Gasteiger partial charge in [0, 0.05) is 19.9 Å². The molecule has 21 atom stereocenters. The van der Waals surface area contributed by atoms with Gasteiger partial charge in [0.05, 0.1) is 31.0 Å². The minimum absolute atomic E-state index is 0.0513. The Hall–Kier alpha value is -5.78. The van der Waals surface area contributed by atoms with Crippen molar-refractivity contribution >= 4 is 59.1 Å². The van der Waals surface area contributed by atoms with Crippen LogP contribution < -0.4 is 48.3 Å². The fourth-order valence-corrected chi connectivity index (χ4v) is 9.91. The van der Waals surface area contributed by atoms with Gasteiger partial charge < -0.3 is 113 Å². The number of aliphatic carboxylic acids is 1. The van der Waals surface area contributed by atoms with Gasteiger partial charge in [-0.1, -0.05) is 55.4 Å². The van der Waals surface area contributed by atoms with Crippen LogP contribution in [0.5, 0.6) is 0 Å². The molecule has 504 valence electrons. The fourth-order valence-electron chi connectivity index (χ4n) is 9.91. The van der Waals surface area contributed by atoms with Gasteiger partial charge in [-0.05, 0) is 72.1 Å². The predicted molar refractivity (Wildman–Crippen MR) is 309 cm³/mol. The maximum atomic E-state index is 14.7. The molecule has 0 spiro atoms. The maximum absolute atomic E-state index is 14.7. The van der Waals surface area contributed by atoms with Gasteiger partial charge in [-0.2, -0.15) is 0 Å². The van der Waals surface area contributed by atoms with E-state index in [0.717, 1.165) is 6.92 Å². The first-order valence-corrected chi connectivity index (χ1v) is 29.6. The molecule has 9 amide bonds. The van der Waals surface area contributed by atoms with Crippen LogP contribution >= 0.6 is 0 Å². The Labute approximate surface area is 512 Å². The molecule has 10 unspecified atom stereocenters. The van der Waals surface area contributed by atoms with Crippen LogP contribution in [0.4, 0.5) is 0 Å². The Balaban J connectivity index is 1.77. The summed E-state index contributed by atoms with van der Waals surface area (Å²) >= 11 is 0. The normalized spacial score (nSPS) is 28.0. The van der Waals surface area contributed by atoms with E-state index in [1.807, 2.05) is 0 Å². The van der Waals surface area contributed by atoms with Crippen LogP contribution in [-0.2, 0) is 71.6 Å². The van der Waals surface area contributed by atoms with Gasteiger partial charge in [0.2, 0.25) is 53.2 Å². The number of nitrogens with one attached hydrogen (secondary N) is 8. The Morgan fingerprint density at radius 2 is 1.00 bits per heavy atom. The summed E-state index contributed by atoms with van der Waals surface area (Å²) in [6.45, 7) is 22.9. The van der Waals surface area contributed by atoms with Gasteiger partial charge in [-0.25, -0.2) is 0 Å². The van der Waals surface area contributed by atoms with Gasteiger partial charge in [0.25, 0.3) is 0 Å². The highest BCUT2D eigenvalue weighted by atomic mass is 16.7. The molecule has 32 heteroatoms. The SMILES string of the molecule is CC(=O)NC1[C@@H](OC(C)[C@H](N)C(=O)NC(C(=O)N2CC(OC(C)(C)C)C[C@H]2C(=O)NC(C)C(=O)N[C@@H](C)C(=O)NC(C(=O)N[C@H](C(=O)NC(C(=O)N[C@@H](C)C(=O)O)C(C)C)C(C)C)C(C)C)C(C)C)OC(CO)[C@H](O)[C@@H]1O[C@@H]1OC(CO)[C@H](O)C(O)[C@@H]1O. The number of rotatable bonds is 29. The number of likely N-dealkylation sites (tertiary alicyclic amines) is 1. The molecule has 32 nitrogen and oxygen atoms in total. The van der Waals surface area contributed by atoms with Crippen LogP contribution in [0.1, 0.15) is 117 Å². The van der Waals surface area contributed by atoms with Crippen molar-refractivity contribution in [1.82, 2.24) is 47.4 Å². The van der Waals surface area contributed by atoms with E-state index in [0.29, 0.717) is 0 Å². The number of carbonyl (C=O) groups is 10. The van der Waals surface area contributed by atoms with Crippen molar-refractivity contribution in [2.45, 2.75) is 251 Å².